The van der Waals surface area contributed by atoms with Crippen LogP contribution in [0.15, 0.2) is 24.3 Å². The number of anilines is 1. The van der Waals surface area contributed by atoms with Crippen molar-refractivity contribution in [2.24, 2.45) is 0 Å². The molecule has 0 saturated carbocycles. The van der Waals surface area contributed by atoms with Gasteiger partial charge in [-0.2, -0.15) is 0 Å². The second-order valence-corrected chi connectivity index (χ2v) is 6.43. The number of ether oxygens (including phenoxy) is 2. The summed E-state index contributed by atoms with van der Waals surface area (Å²) in [6.07, 6.45) is -1.18. The zero-order valence-electron chi connectivity index (χ0n) is 13.1. The lowest BCUT2D eigenvalue weighted by Gasteiger charge is -2.30. The highest BCUT2D eigenvalue weighted by Gasteiger charge is 2.49. The predicted octanol–water partition coefficient (Wildman–Crippen LogP) is 2.05. The van der Waals surface area contributed by atoms with Crippen LogP contribution in [-0.2, 0) is 9.47 Å². The predicted molar refractivity (Wildman–Crippen MR) is 81.1 cm³/mol. The molecule has 118 valence electrons. The molecule has 1 aliphatic rings. The van der Waals surface area contributed by atoms with Crippen LogP contribution < -0.4 is 5.32 Å². The lowest BCUT2D eigenvalue weighted by Crippen LogP contribution is -2.41. The Bertz CT molecular complexity index is 471. The molecule has 0 aliphatic carbocycles. The normalized spacial score (nSPS) is 22.2. The minimum atomic E-state index is -0.773. The maximum absolute atomic E-state index is 9.38. The Kier molecular flexibility index (Phi) is 4.58. The molecule has 1 atom stereocenters. The molecule has 1 aromatic carbocycles. The molecule has 1 heterocycles. The maximum Gasteiger partial charge on any atom is 0.185 e. The van der Waals surface area contributed by atoms with Crippen LogP contribution in [0.2, 0.25) is 0 Å². The van der Waals surface area contributed by atoms with E-state index in [-0.39, 0.29) is 17.8 Å². The maximum atomic E-state index is 9.38. The van der Waals surface area contributed by atoms with Crippen LogP contribution in [-0.4, -0.2) is 40.7 Å². The summed E-state index contributed by atoms with van der Waals surface area (Å²) in [6.45, 7) is 8.12. The summed E-state index contributed by atoms with van der Waals surface area (Å²) < 4.78 is 12.0. The third kappa shape index (κ3) is 3.55. The van der Waals surface area contributed by atoms with E-state index < -0.39 is 12.4 Å². The van der Waals surface area contributed by atoms with Gasteiger partial charge in [-0.05, 0) is 39.8 Å². The van der Waals surface area contributed by atoms with Crippen LogP contribution in [0.25, 0.3) is 0 Å². The minimum Gasteiger partial charge on any atom is -0.394 e. The number of aliphatic hydroxyl groups excluding tert-OH is 2. The van der Waals surface area contributed by atoms with Gasteiger partial charge >= 0.3 is 0 Å². The summed E-state index contributed by atoms with van der Waals surface area (Å²) in [5.41, 5.74) is 1.05. The van der Waals surface area contributed by atoms with E-state index in [0.717, 1.165) is 11.3 Å². The van der Waals surface area contributed by atoms with E-state index in [1.54, 1.807) is 0 Å². The van der Waals surface area contributed by atoms with Crippen LogP contribution in [0.3, 0.4) is 0 Å². The Hall–Kier alpha value is -1.14. The standard InChI is InChI=1S/C16H25NO4/c1-15(2)16(3,4)21-14(20-15)11-6-5-7-12(8-11)17-9-13(19)10-18/h5-8,13-14,17-19H,9-10H2,1-4H3. The largest absolute Gasteiger partial charge is 0.394 e. The van der Waals surface area contributed by atoms with Gasteiger partial charge < -0.3 is 25.0 Å². The van der Waals surface area contributed by atoms with E-state index in [1.807, 2.05) is 52.0 Å². The number of rotatable bonds is 5. The quantitative estimate of drug-likeness (QED) is 0.775. The fourth-order valence-electron chi connectivity index (χ4n) is 2.07. The number of hydrogen-bond acceptors (Lipinski definition) is 5. The lowest BCUT2D eigenvalue weighted by molar-refractivity contribution is -0.0895. The third-order valence-corrected chi connectivity index (χ3v) is 4.16. The molecule has 1 fully saturated rings. The van der Waals surface area contributed by atoms with E-state index in [9.17, 15) is 5.11 Å². The fraction of sp³-hybridized carbons (Fsp3) is 0.625. The van der Waals surface area contributed by atoms with Crippen LogP contribution >= 0.6 is 0 Å². The van der Waals surface area contributed by atoms with Crippen LogP contribution in [0.5, 0.6) is 0 Å². The number of hydrogen-bond donors (Lipinski definition) is 3. The van der Waals surface area contributed by atoms with Crippen molar-refractivity contribution in [3.8, 4) is 0 Å². The van der Waals surface area contributed by atoms with Gasteiger partial charge in [-0.15, -0.1) is 0 Å². The second kappa shape index (κ2) is 5.93. The van der Waals surface area contributed by atoms with Crippen molar-refractivity contribution < 1.29 is 19.7 Å². The molecule has 2 rings (SSSR count). The van der Waals surface area contributed by atoms with Crippen LogP contribution in [0.1, 0.15) is 39.5 Å². The lowest BCUT2D eigenvalue weighted by atomic mass is 9.90. The van der Waals surface area contributed by atoms with Gasteiger partial charge in [-0.3, -0.25) is 0 Å². The minimum absolute atomic E-state index is 0.260. The summed E-state index contributed by atoms with van der Waals surface area (Å²) in [7, 11) is 0. The zero-order chi connectivity index (χ0) is 15.7. The smallest absolute Gasteiger partial charge is 0.185 e. The molecule has 0 radical (unpaired) electrons. The van der Waals surface area contributed by atoms with Crippen molar-refractivity contribution in [1.82, 2.24) is 0 Å². The van der Waals surface area contributed by atoms with Crippen molar-refractivity contribution in [2.45, 2.75) is 51.3 Å². The number of benzene rings is 1. The molecule has 3 N–H and O–H groups in total. The van der Waals surface area contributed by atoms with Gasteiger partial charge in [0, 0.05) is 17.8 Å². The second-order valence-electron chi connectivity index (χ2n) is 6.43. The van der Waals surface area contributed by atoms with E-state index >= 15 is 0 Å². The molecule has 1 unspecified atom stereocenters. The summed E-state index contributed by atoms with van der Waals surface area (Å²) in [6, 6.07) is 7.70. The molecular weight excluding hydrogens is 270 g/mol. The summed E-state index contributed by atoms with van der Waals surface area (Å²) in [4.78, 5) is 0. The van der Waals surface area contributed by atoms with Gasteiger partial charge in [0.25, 0.3) is 0 Å². The van der Waals surface area contributed by atoms with Crippen molar-refractivity contribution in [3.63, 3.8) is 0 Å². The van der Waals surface area contributed by atoms with E-state index in [2.05, 4.69) is 5.32 Å². The van der Waals surface area contributed by atoms with E-state index in [4.69, 9.17) is 14.6 Å². The van der Waals surface area contributed by atoms with Crippen molar-refractivity contribution in [3.05, 3.63) is 29.8 Å². The molecule has 1 aliphatic heterocycles. The highest BCUT2D eigenvalue weighted by Crippen LogP contribution is 2.44. The van der Waals surface area contributed by atoms with Gasteiger partial charge in [0.15, 0.2) is 6.29 Å². The van der Waals surface area contributed by atoms with Gasteiger partial charge in [0.05, 0.1) is 23.9 Å². The third-order valence-electron chi connectivity index (χ3n) is 4.16. The van der Waals surface area contributed by atoms with Gasteiger partial charge in [-0.1, -0.05) is 12.1 Å². The topological polar surface area (TPSA) is 71.0 Å². The van der Waals surface area contributed by atoms with Crippen LogP contribution in [0, 0.1) is 0 Å². The molecule has 0 amide bonds. The van der Waals surface area contributed by atoms with Gasteiger partial charge in [0.1, 0.15) is 0 Å². The van der Waals surface area contributed by atoms with Crippen molar-refractivity contribution >= 4 is 5.69 Å². The average molecular weight is 295 g/mol. The molecule has 0 aromatic heterocycles. The molecule has 5 nitrogen and oxygen atoms in total. The molecule has 0 spiro atoms. The number of nitrogens with one attached hydrogen (secondary N) is 1. The summed E-state index contributed by atoms with van der Waals surface area (Å²) >= 11 is 0. The van der Waals surface area contributed by atoms with Crippen molar-refractivity contribution in [1.29, 1.82) is 0 Å². The Balaban J connectivity index is 2.08. The first-order valence-corrected chi connectivity index (χ1v) is 7.23. The summed E-state index contributed by atoms with van der Waals surface area (Å²) in [5.74, 6) is 0. The average Bonchev–Trinajstić information content (AvgIpc) is 2.65. The molecule has 0 bridgehead atoms. The highest BCUT2D eigenvalue weighted by atomic mass is 16.7. The first-order chi connectivity index (χ1) is 9.75. The molecule has 21 heavy (non-hydrogen) atoms. The van der Waals surface area contributed by atoms with Crippen molar-refractivity contribution in [2.75, 3.05) is 18.5 Å². The Morgan fingerprint density at radius 2 is 1.81 bits per heavy atom. The SMILES string of the molecule is CC1(C)OC(c2cccc(NCC(O)CO)c2)OC1(C)C. The molecular formula is C16H25NO4. The molecule has 1 saturated heterocycles. The van der Waals surface area contributed by atoms with E-state index in [1.165, 1.54) is 0 Å². The van der Waals surface area contributed by atoms with E-state index in [0.29, 0.717) is 6.54 Å². The zero-order valence-corrected chi connectivity index (χ0v) is 13.1. The Labute approximate surface area is 125 Å². The van der Waals surface area contributed by atoms with Gasteiger partial charge in [-0.25, -0.2) is 0 Å². The first kappa shape index (κ1) is 16.2. The molecule has 1 aromatic rings. The number of aliphatic hydroxyl groups is 2. The Morgan fingerprint density at radius 1 is 1.19 bits per heavy atom. The Morgan fingerprint density at radius 3 is 2.38 bits per heavy atom. The monoisotopic (exact) mass is 295 g/mol. The fourth-order valence-corrected chi connectivity index (χ4v) is 2.07. The van der Waals surface area contributed by atoms with Crippen LogP contribution in [0.4, 0.5) is 5.69 Å². The van der Waals surface area contributed by atoms with Gasteiger partial charge in [0.2, 0.25) is 0 Å². The molecule has 5 heteroatoms. The first-order valence-electron chi connectivity index (χ1n) is 7.23. The highest BCUT2D eigenvalue weighted by molar-refractivity contribution is 5.46. The summed E-state index contributed by atoms with van der Waals surface area (Å²) in [5, 5.41) is 21.3.